The van der Waals surface area contributed by atoms with E-state index in [2.05, 4.69) is 12.2 Å². The van der Waals surface area contributed by atoms with Crippen molar-refractivity contribution >= 4 is 11.8 Å². The van der Waals surface area contributed by atoms with Crippen molar-refractivity contribution in [1.29, 1.82) is 0 Å². The van der Waals surface area contributed by atoms with Gasteiger partial charge in [0.1, 0.15) is 0 Å². The van der Waals surface area contributed by atoms with Gasteiger partial charge < -0.3 is 5.32 Å². The Morgan fingerprint density at radius 1 is 1.29 bits per heavy atom. The summed E-state index contributed by atoms with van der Waals surface area (Å²) in [5, 5.41) is 3.27. The van der Waals surface area contributed by atoms with Crippen LogP contribution in [0.4, 0.5) is 0 Å². The lowest BCUT2D eigenvalue weighted by Gasteiger charge is -2.35. The lowest BCUT2D eigenvalue weighted by Crippen LogP contribution is -2.50. The van der Waals surface area contributed by atoms with E-state index in [1.54, 1.807) is 0 Å². The molecule has 2 aliphatic heterocycles. The van der Waals surface area contributed by atoms with Gasteiger partial charge in [0, 0.05) is 18.9 Å². The summed E-state index contributed by atoms with van der Waals surface area (Å²) in [6.45, 7) is 3.91. The maximum absolute atomic E-state index is 11.5. The first kappa shape index (κ1) is 9.65. The molecule has 78 valence electrons. The summed E-state index contributed by atoms with van der Waals surface area (Å²) in [5.41, 5.74) is 0. The van der Waals surface area contributed by atoms with Crippen LogP contribution < -0.4 is 5.32 Å². The van der Waals surface area contributed by atoms with Gasteiger partial charge in [-0.2, -0.15) is 0 Å². The molecule has 0 radical (unpaired) electrons. The number of rotatable bonds is 1. The average Bonchev–Trinajstić information content (AvgIpc) is 2.48. The van der Waals surface area contributed by atoms with Crippen molar-refractivity contribution in [2.45, 2.75) is 32.2 Å². The Bertz CT molecular complexity index is 249. The van der Waals surface area contributed by atoms with Gasteiger partial charge in [0.2, 0.25) is 11.8 Å². The van der Waals surface area contributed by atoms with Crippen LogP contribution in [0.15, 0.2) is 0 Å². The van der Waals surface area contributed by atoms with Crippen LogP contribution in [0.2, 0.25) is 0 Å². The van der Waals surface area contributed by atoms with Crippen LogP contribution in [-0.2, 0) is 9.59 Å². The summed E-state index contributed by atoms with van der Waals surface area (Å²) in [6.07, 6.45) is 1.73. The molecule has 0 saturated carbocycles. The number of nitrogens with zero attached hydrogens (tertiary/aromatic N) is 1. The number of imide groups is 1. The van der Waals surface area contributed by atoms with Crippen molar-refractivity contribution in [2.75, 3.05) is 13.1 Å². The number of amides is 2. The molecule has 2 amide bonds. The standard InChI is InChI=1S/C10H16N2O2/c1-7-6-11-5-4-8(7)12-9(13)2-3-10(12)14/h7-8,11H,2-6H2,1H3. The Hall–Kier alpha value is -0.900. The van der Waals surface area contributed by atoms with Crippen LogP contribution in [-0.4, -0.2) is 35.8 Å². The minimum Gasteiger partial charge on any atom is -0.316 e. The van der Waals surface area contributed by atoms with Gasteiger partial charge in [-0.3, -0.25) is 14.5 Å². The summed E-state index contributed by atoms with van der Waals surface area (Å²) in [4.78, 5) is 24.5. The van der Waals surface area contributed by atoms with E-state index in [1.807, 2.05) is 0 Å². The largest absolute Gasteiger partial charge is 0.316 e. The van der Waals surface area contributed by atoms with Gasteiger partial charge >= 0.3 is 0 Å². The first-order valence-corrected chi connectivity index (χ1v) is 5.26. The van der Waals surface area contributed by atoms with E-state index in [0.29, 0.717) is 18.8 Å². The molecule has 2 saturated heterocycles. The predicted octanol–water partition coefficient (Wildman–Crippen LogP) is 0.133. The van der Waals surface area contributed by atoms with Crippen LogP contribution >= 0.6 is 0 Å². The molecule has 0 aromatic rings. The first-order valence-electron chi connectivity index (χ1n) is 5.26. The number of piperidine rings is 1. The molecule has 0 spiro atoms. The van der Waals surface area contributed by atoms with Gasteiger partial charge in [0.15, 0.2) is 0 Å². The highest BCUT2D eigenvalue weighted by Crippen LogP contribution is 2.23. The summed E-state index contributed by atoms with van der Waals surface area (Å²) in [7, 11) is 0. The molecule has 0 bridgehead atoms. The number of nitrogens with one attached hydrogen (secondary N) is 1. The van der Waals surface area contributed by atoms with Crippen LogP contribution in [0.5, 0.6) is 0 Å². The maximum atomic E-state index is 11.5. The van der Waals surface area contributed by atoms with E-state index in [9.17, 15) is 9.59 Å². The minimum absolute atomic E-state index is 0.0220. The van der Waals surface area contributed by atoms with Crippen molar-refractivity contribution in [3.63, 3.8) is 0 Å². The summed E-state index contributed by atoms with van der Waals surface area (Å²) in [5.74, 6) is 0.428. The molecule has 0 aromatic heterocycles. The number of hydrogen-bond acceptors (Lipinski definition) is 3. The molecule has 1 N–H and O–H groups in total. The average molecular weight is 196 g/mol. The molecular formula is C10H16N2O2. The van der Waals surface area contributed by atoms with Crippen molar-refractivity contribution in [3.8, 4) is 0 Å². The van der Waals surface area contributed by atoms with E-state index in [-0.39, 0.29) is 17.9 Å². The highest BCUT2D eigenvalue weighted by Gasteiger charge is 2.38. The zero-order chi connectivity index (χ0) is 10.1. The molecular weight excluding hydrogens is 180 g/mol. The molecule has 0 aliphatic carbocycles. The lowest BCUT2D eigenvalue weighted by molar-refractivity contribution is -0.142. The second-order valence-electron chi connectivity index (χ2n) is 4.19. The van der Waals surface area contributed by atoms with E-state index < -0.39 is 0 Å². The van der Waals surface area contributed by atoms with E-state index in [1.165, 1.54) is 4.90 Å². The Balaban J connectivity index is 2.12. The SMILES string of the molecule is CC1CNCCC1N1C(=O)CCC1=O. The summed E-state index contributed by atoms with van der Waals surface area (Å²) >= 11 is 0. The van der Waals surface area contributed by atoms with Crippen molar-refractivity contribution in [3.05, 3.63) is 0 Å². The molecule has 4 heteroatoms. The van der Waals surface area contributed by atoms with E-state index in [4.69, 9.17) is 0 Å². The van der Waals surface area contributed by atoms with Crippen LogP contribution in [0.3, 0.4) is 0 Å². The lowest BCUT2D eigenvalue weighted by atomic mass is 9.94. The zero-order valence-corrected chi connectivity index (χ0v) is 8.45. The fourth-order valence-corrected chi connectivity index (χ4v) is 2.35. The Morgan fingerprint density at radius 3 is 2.50 bits per heavy atom. The van der Waals surface area contributed by atoms with Crippen LogP contribution in [0.25, 0.3) is 0 Å². The Kier molecular flexibility index (Phi) is 2.54. The predicted molar refractivity (Wildman–Crippen MR) is 51.5 cm³/mol. The number of hydrogen-bond donors (Lipinski definition) is 1. The van der Waals surface area contributed by atoms with Gasteiger partial charge in [0.25, 0.3) is 0 Å². The smallest absolute Gasteiger partial charge is 0.229 e. The highest BCUT2D eigenvalue weighted by molar-refractivity contribution is 6.02. The fourth-order valence-electron chi connectivity index (χ4n) is 2.35. The maximum Gasteiger partial charge on any atom is 0.229 e. The first-order chi connectivity index (χ1) is 6.70. The Labute approximate surface area is 83.6 Å². The van der Waals surface area contributed by atoms with Crippen LogP contribution in [0, 0.1) is 5.92 Å². The monoisotopic (exact) mass is 196 g/mol. The number of likely N-dealkylation sites (tertiary alicyclic amines) is 1. The molecule has 2 unspecified atom stereocenters. The molecule has 2 atom stereocenters. The van der Waals surface area contributed by atoms with Gasteiger partial charge in [-0.15, -0.1) is 0 Å². The molecule has 0 aromatic carbocycles. The van der Waals surface area contributed by atoms with Crippen molar-refractivity contribution < 1.29 is 9.59 Å². The van der Waals surface area contributed by atoms with Gasteiger partial charge in [-0.05, 0) is 25.4 Å². The highest BCUT2D eigenvalue weighted by atomic mass is 16.2. The quantitative estimate of drug-likeness (QED) is 0.607. The normalized spacial score (nSPS) is 33.9. The topological polar surface area (TPSA) is 49.4 Å². The summed E-state index contributed by atoms with van der Waals surface area (Å²) < 4.78 is 0. The molecule has 2 fully saturated rings. The third-order valence-corrected chi connectivity index (χ3v) is 3.16. The second-order valence-corrected chi connectivity index (χ2v) is 4.19. The van der Waals surface area contributed by atoms with E-state index in [0.717, 1.165) is 19.5 Å². The third kappa shape index (κ3) is 1.54. The zero-order valence-electron chi connectivity index (χ0n) is 8.45. The molecule has 14 heavy (non-hydrogen) atoms. The molecule has 2 rings (SSSR count). The van der Waals surface area contributed by atoms with Crippen molar-refractivity contribution in [2.24, 2.45) is 5.92 Å². The van der Waals surface area contributed by atoms with Gasteiger partial charge in [-0.25, -0.2) is 0 Å². The minimum atomic E-state index is 0.0220. The second kappa shape index (κ2) is 3.69. The van der Waals surface area contributed by atoms with Gasteiger partial charge in [0.05, 0.1) is 0 Å². The number of carbonyl (C=O) groups excluding carboxylic acids is 2. The van der Waals surface area contributed by atoms with Crippen LogP contribution in [0.1, 0.15) is 26.2 Å². The van der Waals surface area contributed by atoms with Crippen molar-refractivity contribution in [1.82, 2.24) is 10.2 Å². The molecule has 2 heterocycles. The molecule has 2 aliphatic rings. The van der Waals surface area contributed by atoms with Gasteiger partial charge in [-0.1, -0.05) is 6.92 Å². The fraction of sp³-hybridized carbons (Fsp3) is 0.800. The van der Waals surface area contributed by atoms with E-state index >= 15 is 0 Å². The Morgan fingerprint density at radius 2 is 1.93 bits per heavy atom. The third-order valence-electron chi connectivity index (χ3n) is 3.16. The molecule has 4 nitrogen and oxygen atoms in total. The summed E-state index contributed by atoms with van der Waals surface area (Å²) in [6, 6.07) is 0.138. The number of carbonyl (C=O) groups is 2.